The van der Waals surface area contributed by atoms with Crippen LogP contribution in [0.2, 0.25) is 0 Å². The minimum absolute atomic E-state index is 0.0995. The van der Waals surface area contributed by atoms with Crippen molar-refractivity contribution in [3.8, 4) is 0 Å². The number of aliphatic carboxylic acids is 1. The van der Waals surface area contributed by atoms with Gasteiger partial charge in [-0.3, -0.25) is 9.36 Å². The SMILES string of the molecule is CCOP(=O)(Cc1ccc(C(=O)N[C@@H](Cc2ccccc2)C(=O)O)cc1)OCC. The van der Waals surface area contributed by atoms with Crippen LogP contribution in [-0.2, 0) is 31.0 Å². The Labute approximate surface area is 170 Å². The summed E-state index contributed by atoms with van der Waals surface area (Å²) in [6, 6.07) is 14.5. The van der Waals surface area contributed by atoms with Crippen LogP contribution in [0.5, 0.6) is 0 Å². The van der Waals surface area contributed by atoms with Gasteiger partial charge in [-0.15, -0.1) is 0 Å². The Balaban J connectivity index is 2.05. The quantitative estimate of drug-likeness (QED) is 0.536. The van der Waals surface area contributed by atoms with Crippen molar-refractivity contribution >= 4 is 19.5 Å². The number of carbonyl (C=O) groups excluding carboxylic acids is 1. The van der Waals surface area contributed by atoms with Crippen molar-refractivity contribution in [1.82, 2.24) is 5.32 Å². The highest BCUT2D eigenvalue weighted by Crippen LogP contribution is 2.51. The molecule has 0 bridgehead atoms. The summed E-state index contributed by atoms with van der Waals surface area (Å²) >= 11 is 0. The van der Waals surface area contributed by atoms with Gasteiger partial charge in [0.2, 0.25) is 0 Å². The number of amides is 1. The highest BCUT2D eigenvalue weighted by Gasteiger charge is 2.25. The van der Waals surface area contributed by atoms with Crippen LogP contribution >= 0.6 is 7.60 Å². The molecule has 0 spiro atoms. The average Bonchev–Trinajstić information content (AvgIpc) is 2.69. The molecule has 0 fully saturated rings. The third kappa shape index (κ3) is 7.13. The third-order valence-corrected chi connectivity index (χ3v) is 6.19. The smallest absolute Gasteiger partial charge is 0.335 e. The van der Waals surface area contributed by atoms with Crippen molar-refractivity contribution in [2.24, 2.45) is 0 Å². The largest absolute Gasteiger partial charge is 0.480 e. The summed E-state index contributed by atoms with van der Waals surface area (Å²) in [5.74, 6) is -1.59. The second-order valence-corrected chi connectivity index (χ2v) is 8.41. The zero-order chi connectivity index (χ0) is 21.3. The van der Waals surface area contributed by atoms with Gasteiger partial charge in [0.25, 0.3) is 5.91 Å². The van der Waals surface area contributed by atoms with Gasteiger partial charge in [0.05, 0.1) is 19.4 Å². The number of nitrogens with one attached hydrogen (secondary N) is 1. The lowest BCUT2D eigenvalue weighted by molar-refractivity contribution is -0.139. The molecule has 0 aliphatic rings. The van der Waals surface area contributed by atoms with E-state index in [4.69, 9.17) is 9.05 Å². The van der Waals surface area contributed by atoms with Crippen molar-refractivity contribution in [2.75, 3.05) is 13.2 Å². The molecule has 1 atom stereocenters. The fourth-order valence-electron chi connectivity index (χ4n) is 2.80. The summed E-state index contributed by atoms with van der Waals surface area (Å²) in [5.41, 5.74) is 1.83. The third-order valence-electron chi connectivity index (χ3n) is 4.13. The zero-order valence-corrected chi connectivity index (χ0v) is 17.4. The van der Waals surface area contributed by atoms with E-state index in [9.17, 15) is 19.3 Å². The topological polar surface area (TPSA) is 102 Å². The Bertz CT molecular complexity index is 843. The van der Waals surface area contributed by atoms with Crippen molar-refractivity contribution in [2.45, 2.75) is 32.5 Å². The molecule has 2 aromatic carbocycles. The van der Waals surface area contributed by atoms with E-state index in [1.165, 1.54) is 0 Å². The van der Waals surface area contributed by atoms with Crippen LogP contribution in [0.1, 0.15) is 35.3 Å². The van der Waals surface area contributed by atoms with Gasteiger partial charge in [-0.05, 0) is 37.1 Å². The Morgan fingerprint density at radius 3 is 2.07 bits per heavy atom. The minimum atomic E-state index is -3.23. The first-order valence-electron chi connectivity index (χ1n) is 9.41. The Hall–Kier alpha value is -2.47. The highest BCUT2D eigenvalue weighted by molar-refractivity contribution is 7.53. The van der Waals surface area contributed by atoms with Gasteiger partial charge in [-0.1, -0.05) is 42.5 Å². The van der Waals surface area contributed by atoms with Crippen LogP contribution in [0.15, 0.2) is 54.6 Å². The Morgan fingerprint density at radius 1 is 0.966 bits per heavy atom. The molecule has 0 heterocycles. The first-order chi connectivity index (χ1) is 13.9. The van der Waals surface area contributed by atoms with Gasteiger partial charge < -0.3 is 19.5 Å². The molecule has 0 saturated heterocycles. The molecule has 2 N–H and O–H groups in total. The van der Waals surface area contributed by atoms with E-state index in [2.05, 4.69) is 5.32 Å². The standard InChI is InChI=1S/C21H26NO6P/c1-3-27-29(26,28-4-2)15-17-10-12-18(13-11-17)20(23)22-19(21(24)25)14-16-8-6-5-7-9-16/h5-13,19H,3-4,14-15H2,1-2H3,(H,22,23)(H,24,25)/t19-/m0/s1. The van der Waals surface area contributed by atoms with Gasteiger partial charge >= 0.3 is 13.6 Å². The Kier molecular flexibility index (Phi) is 8.58. The number of benzene rings is 2. The number of hydrogen-bond donors (Lipinski definition) is 2. The number of hydrogen-bond acceptors (Lipinski definition) is 5. The van der Waals surface area contributed by atoms with Crippen LogP contribution < -0.4 is 5.32 Å². The zero-order valence-electron chi connectivity index (χ0n) is 16.5. The van der Waals surface area contributed by atoms with E-state index in [1.807, 2.05) is 30.3 Å². The summed E-state index contributed by atoms with van der Waals surface area (Å²) in [6.07, 6.45) is 0.286. The summed E-state index contributed by atoms with van der Waals surface area (Å²) in [5, 5.41) is 12.0. The maximum Gasteiger partial charge on any atom is 0.335 e. The fourth-order valence-corrected chi connectivity index (χ4v) is 4.50. The lowest BCUT2D eigenvalue weighted by Gasteiger charge is -2.17. The van der Waals surface area contributed by atoms with Crippen LogP contribution in [0.25, 0.3) is 0 Å². The van der Waals surface area contributed by atoms with Crippen molar-refractivity contribution < 1.29 is 28.3 Å². The van der Waals surface area contributed by atoms with E-state index in [1.54, 1.807) is 38.1 Å². The molecule has 7 nitrogen and oxygen atoms in total. The highest BCUT2D eigenvalue weighted by atomic mass is 31.2. The minimum Gasteiger partial charge on any atom is -0.480 e. The molecule has 29 heavy (non-hydrogen) atoms. The molecule has 0 aliphatic carbocycles. The fraction of sp³-hybridized carbons (Fsp3) is 0.333. The van der Waals surface area contributed by atoms with E-state index < -0.39 is 25.5 Å². The number of carboxylic acid groups (broad SMARTS) is 1. The van der Waals surface area contributed by atoms with Crippen LogP contribution in [0.3, 0.4) is 0 Å². The molecular formula is C21H26NO6P. The predicted octanol–water partition coefficient (Wildman–Crippen LogP) is 3.88. The van der Waals surface area contributed by atoms with Gasteiger partial charge in [0, 0.05) is 12.0 Å². The number of rotatable bonds is 11. The molecule has 0 aliphatic heterocycles. The Morgan fingerprint density at radius 2 is 1.55 bits per heavy atom. The molecular weight excluding hydrogens is 393 g/mol. The van der Waals surface area contributed by atoms with Crippen molar-refractivity contribution in [1.29, 1.82) is 0 Å². The lowest BCUT2D eigenvalue weighted by Crippen LogP contribution is -2.42. The molecule has 2 aromatic rings. The van der Waals surface area contributed by atoms with E-state index in [0.717, 1.165) is 5.56 Å². The molecule has 0 aromatic heterocycles. The molecule has 1 amide bonds. The first-order valence-corrected chi connectivity index (χ1v) is 11.1. The van der Waals surface area contributed by atoms with Crippen molar-refractivity contribution in [3.63, 3.8) is 0 Å². The second kappa shape index (κ2) is 10.9. The molecule has 156 valence electrons. The summed E-state index contributed by atoms with van der Waals surface area (Å²) in [4.78, 5) is 24.0. The van der Waals surface area contributed by atoms with E-state index >= 15 is 0 Å². The lowest BCUT2D eigenvalue weighted by atomic mass is 10.1. The molecule has 0 unspecified atom stereocenters. The average molecular weight is 419 g/mol. The monoisotopic (exact) mass is 419 g/mol. The van der Waals surface area contributed by atoms with Crippen LogP contribution in [0, 0.1) is 0 Å². The van der Waals surface area contributed by atoms with Crippen LogP contribution in [0.4, 0.5) is 0 Å². The second-order valence-electron chi connectivity index (χ2n) is 6.36. The summed E-state index contributed by atoms with van der Waals surface area (Å²) in [7, 11) is -3.23. The predicted molar refractivity (Wildman–Crippen MR) is 110 cm³/mol. The summed E-state index contributed by atoms with van der Waals surface area (Å²) in [6.45, 7) is 4.03. The van der Waals surface area contributed by atoms with Gasteiger partial charge in [0.1, 0.15) is 6.04 Å². The summed E-state index contributed by atoms with van der Waals surface area (Å²) < 4.78 is 23.2. The first kappa shape index (κ1) is 22.8. The van der Waals surface area contributed by atoms with E-state index in [-0.39, 0.29) is 25.8 Å². The maximum absolute atomic E-state index is 12.6. The van der Waals surface area contributed by atoms with Crippen LogP contribution in [-0.4, -0.2) is 36.2 Å². The molecule has 8 heteroatoms. The van der Waals surface area contributed by atoms with Gasteiger partial charge in [-0.25, -0.2) is 4.79 Å². The van der Waals surface area contributed by atoms with Gasteiger partial charge in [0.15, 0.2) is 0 Å². The molecule has 0 radical (unpaired) electrons. The van der Waals surface area contributed by atoms with E-state index in [0.29, 0.717) is 11.1 Å². The van der Waals surface area contributed by atoms with Gasteiger partial charge in [-0.2, -0.15) is 0 Å². The number of carboxylic acids is 1. The maximum atomic E-state index is 12.6. The molecule has 2 rings (SSSR count). The van der Waals surface area contributed by atoms with Crippen molar-refractivity contribution in [3.05, 3.63) is 71.3 Å². The number of carbonyl (C=O) groups is 2. The normalized spacial score (nSPS) is 12.3. The molecule has 0 saturated carbocycles.